The summed E-state index contributed by atoms with van der Waals surface area (Å²) in [6.45, 7) is 0.717. The molecule has 1 amide bonds. The molecule has 1 aliphatic rings. The molecule has 0 fully saturated rings. The second-order valence-electron chi connectivity index (χ2n) is 4.95. The number of halogens is 1. The molecule has 2 nitrogen and oxygen atoms in total. The third kappa shape index (κ3) is 5.37. The Morgan fingerprint density at radius 3 is 2.75 bits per heavy atom. The highest BCUT2D eigenvalue weighted by Crippen LogP contribution is 2.20. The van der Waals surface area contributed by atoms with Crippen molar-refractivity contribution in [3.05, 3.63) is 41.7 Å². The van der Waals surface area contributed by atoms with Crippen LogP contribution in [0.4, 0.5) is 4.39 Å². The van der Waals surface area contributed by atoms with Crippen molar-refractivity contribution in [3.8, 4) is 0 Å². The maximum absolute atomic E-state index is 12.7. The van der Waals surface area contributed by atoms with Crippen molar-refractivity contribution < 1.29 is 9.18 Å². The number of carbonyl (C=O) groups excluding carboxylic acids is 1. The van der Waals surface area contributed by atoms with Gasteiger partial charge in [-0.25, -0.2) is 4.39 Å². The number of hydrogen-bond acceptors (Lipinski definition) is 2. The molecule has 108 valence electrons. The first-order valence-electron chi connectivity index (χ1n) is 7.07. The highest BCUT2D eigenvalue weighted by atomic mass is 32.2. The van der Waals surface area contributed by atoms with Gasteiger partial charge in [0.1, 0.15) is 5.82 Å². The summed E-state index contributed by atoms with van der Waals surface area (Å²) in [7, 11) is 0. The molecule has 1 aromatic carbocycles. The third-order valence-corrected chi connectivity index (χ3v) is 4.35. The van der Waals surface area contributed by atoms with Crippen LogP contribution >= 0.6 is 11.8 Å². The summed E-state index contributed by atoms with van der Waals surface area (Å²) in [4.78, 5) is 12.6. The number of thioether (sulfide) groups is 1. The number of benzene rings is 1. The van der Waals surface area contributed by atoms with E-state index in [-0.39, 0.29) is 11.7 Å². The number of rotatable bonds is 6. The average molecular weight is 293 g/mol. The van der Waals surface area contributed by atoms with Gasteiger partial charge in [0, 0.05) is 11.4 Å². The van der Waals surface area contributed by atoms with Crippen LogP contribution in [0.2, 0.25) is 0 Å². The van der Waals surface area contributed by atoms with Crippen LogP contribution in [0.25, 0.3) is 0 Å². The summed E-state index contributed by atoms with van der Waals surface area (Å²) in [5.74, 6) is 0.167. The minimum atomic E-state index is -0.250. The van der Waals surface area contributed by atoms with Gasteiger partial charge in [-0.1, -0.05) is 11.6 Å². The van der Waals surface area contributed by atoms with Crippen LogP contribution in [0.5, 0.6) is 0 Å². The normalized spacial score (nSPS) is 14.8. The van der Waals surface area contributed by atoms with Gasteiger partial charge in [-0.15, -0.1) is 11.8 Å². The van der Waals surface area contributed by atoms with E-state index in [9.17, 15) is 9.18 Å². The Balaban J connectivity index is 1.62. The van der Waals surface area contributed by atoms with Gasteiger partial charge >= 0.3 is 0 Å². The topological polar surface area (TPSA) is 29.1 Å². The molecule has 0 aliphatic heterocycles. The van der Waals surface area contributed by atoms with Gasteiger partial charge in [-0.05, 0) is 56.4 Å². The van der Waals surface area contributed by atoms with Gasteiger partial charge in [0.25, 0.3) is 0 Å². The van der Waals surface area contributed by atoms with Crippen LogP contribution in [0.15, 0.2) is 40.8 Å². The van der Waals surface area contributed by atoms with E-state index in [1.54, 1.807) is 12.1 Å². The van der Waals surface area contributed by atoms with Crippen molar-refractivity contribution in [2.24, 2.45) is 0 Å². The van der Waals surface area contributed by atoms with Crippen molar-refractivity contribution in [1.82, 2.24) is 5.32 Å². The lowest BCUT2D eigenvalue weighted by molar-refractivity contribution is -0.118. The standard InChI is InChI=1S/C16H20FNOS/c17-14-6-8-15(9-7-14)20-12-16(19)18-11-10-13-4-2-1-3-5-13/h4,6-9H,1-3,5,10-12H2,(H,18,19). The zero-order valence-electron chi connectivity index (χ0n) is 11.5. The monoisotopic (exact) mass is 293 g/mol. The first-order chi connectivity index (χ1) is 9.74. The Morgan fingerprint density at radius 1 is 1.25 bits per heavy atom. The Labute approximate surface area is 123 Å². The Kier molecular flexibility index (Phi) is 6.12. The predicted octanol–water partition coefficient (Wildman–Crippen LogP) is 3.92. The molecule has 0 saturated heterocycles. The highest BCUT2D eigenvalue weighted by molar-refractivity contribution is 8.00. The van der Waals surface area contributed by atoms with Gasteiger partial charge in [0.15, 0.2) is 0 Å². The maximum Gasteiger partial charge on any atom is 0.230 e. The number of carbonyl (C=O) groups is 1. The zero-order chi connectivity index (χ0) is 14.2. The fraction of sp³-hybridized carbons (Fsp3) is 0.438. The fourth-order valence-corrected chi connectivity index (χ4v) is 2.95. The predicted molar refractivity (Wildman–Crippen MR) is 81.3 cm³/mol. The van der Waals surface area contributed by atoms with Crippen LogP contribution in [-0.4, -0.2) is 18.2 Å². The van der Waals surface area contributed by atoms with E-state index < -0.39 is 0 Å². The lowest BCUT2D eigenvalue weighted by Crippen LogP contribution is -2.26. The molecule has 0 atom stereocenters. The van der Waals surface area contributed by atoms with Crippen LogP contribution in [-0.2, 0) is 4.79 Å². The molecule has 1 aromatic rings. The SMILES string of the molecule is O=C(CSc1ccc(F)cc1)NCCC1=CCCCC1. The van der Waals surface area contributed by atoms with E-state index in [2.05, 4.69) is 11.4 Å². The summed E-state index contributed by atoms with van der Waals surface area (Å²) in [5.41, 5.74) is 1.47. The number of amides is 1. The lowest BCUT2D eigenvalue weighted by Gasteiger charge is -2.12. The van der Waals surface area contributed by atoms with E-state index >= 15 is 0 Å². The third-order valence-electron chi connectivity index (χ3n) is 3.34. The van der Waals surface area contributed by atoms with Crippen molar-refractivity contribution in [2.75, 3.05) is 12.3 Å². The van der Waals surface area contributed by atoms with Gasteiger partial charge < -0.3 is 5.32 Å². The van der Waals surface area contributed by atoms with Crippen molar-refractivity contribution >= 4 is 17.7 Å². The number of nitrogens with one attached hydrogen (secondary N) is 1. The summed E-state index contributed by atoms with van der Waals surface area (Å²) in [5, 5.41) is 2.94. The molecule has 0 radical (unpaired) electrons. The molecular weight excluding hydrogens is 273 g/mol. The molecular formula is C16H20FNOS. The Hall–Kier alpha value is -1.29. The molecule has 1 aliphatic carbocycles. The molecule has 0 bridgehead atoms. The number of allylic oxidation sites excluding steroid dienone is 1. The van der Waals surface area contributed by atoms with E-state index in [0.717, 1.165) is 11.3 Å². The minimum Gasteiger partial charge on any atom is -0.355 e. The molecule has 0 spiro atoms. The summed E-state index contributed by atoms with van der Waals surface area (Å²) < 4.78 is 12.7. The lowest BCUT2D eigenvalue weighted by atomic mass is 9.97. The van der Waals surface area contributed by atoms with E-state index in [0.29, 0.717) is 12.3 Å². The summed E-state index contributed by atoms with van der Waals surface area (Å²) in [6.07, 6.45) is 8.21. The molecule has 4 heteroatoms. The van der Waals surface area contributed by atoms with Gasteiger partial charge in [0.2, 0.25) is 5.91 Å². The van der Waals surface area contributed by atoms with Crippen LogP contribution in [0.3, 0.4) is 0 Å². The van der Waals surface area contributed by atoms with Crippen LogP contribution < -0.4 is 5.32 Å². The zero-order valence-corrected chi connectivity index (χ0v) is 12.3. The van der Waals surface area contributed by atoms with Crippen LogP contribution in [0.1, 0.15) is 32.1 Å². The molecule has 20 heavy (non-hydrogen) atoms. The molecule has 0 aromatic heterocycles. The van der Waals surface area contributed by atoms with E-state index in [4.69, 9.17) is 0 Å². The summed E-state index contributed by atoms with van der Waals surface area (Å²) >= 11 is 1.43. The van der Waals surface area contributed by atoms with Gasteiger partial charge in [-0.2, -0.15) is 0 Å². The Morgan fingerprint density at radius 2 is 2.05 bits per heavy atom. The average Bonchev–Trinajstić information content (AvgIpc) is 2.48. The van der Waals surface area contributed by atoms with E-state index in [1.165, 1.54) is 55.2 Å². The van der Waals surface area contributed by atoms with Crippen molar-refractivity contribution in [1.29, 1.82) is 0 Å². The Bertz CT molecular complexity index is 470. The minimum absolute atomic E-state index is 0.0377. The van der Waals surface area contributed by atoms with Crippen LogP contribution in [0, 0.1) is 5.82 Å². The van der Waals surface area contributed by atoms with E-state index in [1.807, 2.05) is 0 Å². The van der Waals surface area contributed by atoms with Gasteiger partial charge in [-0.3, -0.25) is 4.79 Å². The number of hydrogen-bond donors (Lipinski definition) is 1. The summed E-state index contributed by atoms with van der Waals surface area (Å²) in [6, 6.07) is 6.21. The second-order valence-corrected chi connectivity index (χ2v) is 6.00. The maximum atomic E-state index is 12.7. The first kappa shape index (κ1) is 15.1. The smallest absolute Gasteiger partial charge is 0.230 e. The molecule has 1 N–H and O–H groups in total. The van der Waals surface area contributed by atoms with Crippen molar-refractivity contribution in [3.63, 3.8) is 0 Å². The largest absolute Gasteiger partial charge is 0.355 e. The quantitative estimate of drug-likeness (QED) is 0.636. The fourth-order valence-electron chi connectivity index (χ4n) is 2.22. The molecule has 0 saturated carbocycles. The molecule has 0 heterocycles. The molecule has 2 rings (SSSR count). The highest BCUT2D eigenvalue weighted by Gasteiger charge is 2.05. The molecule has 0 unspecified atom stereocenters. The first-order valence-corrected chi connectivity index (χ1v) is 8.05. The van der Waals surface area contributed by atoms with Gasteiger partial charge in [0.05, 0.1) is 5.75 Å². The van der Waals surface area contributed by atoms with Crippen molar-refractivity contribution in [2.45, 2.75) is 37.0 Å². The second kappa shape index (κ2) is 8.10.